The fourth-order valence-corrected chi connectivity index (χ4v) is 3.01. The number of carbonyl (C=O) groups is 1. The minimum Gasteiger partial charge on any atom is -0.467 e. The lowest BCUT2D eigenvalue weighted by molar-refractivity contribution is -0.123. The Hall–Kier alpha value is -4.35. The number of imidazole rings is 1. The molecule has 4 heterocycles. The average molecular weight is 448 g/mol. The van der Waals surface area contributed by atoms with Crippen molar-refractivity contribution >= 4 is 11.7 Å². The summed E-state index contributed by atoms with van der Waals surface area (Å²) in [6.45, 7) is 6.40. The van der Waals surface area contributed by atoms with Gasteiger partial charge in [0.1, 0.15) is 30.1 Å². The molecular formula is C21H24N10O2. The van der Waals surface area contributed by atoms with Gasteiger partial charge in [-0.3, -0.25) is 9.36 Å². The van der Waals surface area contributed by atoms with E-state index < -0.39 is 0 Å². The molecule has 4 rings (SSSR count). The number of anilines is 1. The number of hydrogen-bond donors (Lipinski definition) is 2. The Balaban J connectivity index is 1.24. The normalized spacial score (nSPS) is 10.8. The second-order valence-electron chi connectivity index (χ2n) is 7.17. The molecule has 0 aromatic carbocycles. The van der Waals surface area contributed by atoms with Crippen LogP contribution in [0.1, 0.15) is 17.2 Å². The standard InChI is InChI=1S/C21H24N10O2/c1-14-15(2)30(13-26-14)18-9-17(24-12-25-18)22-6-7-23-20(32)11-33-21-10-19(28-16(3)29-21)31-8-4-5-27-31/h4-5,8-10,12-13H,6-7,11H2,1-3H3,(H,23,32)(H,22,24,25). The smallest absolute Gasteiger partial charge is 0.258 e. The predicted molar refractivity (Wildman–Crippen MR) is 120 cm³/mol. The molecule has 33 heavy (non-hydrogen) atoms. The Morgan fingerprint density at radius 3 is 2.70 bits per heavy atom. The molecule has 0 aliphatic rings. The maximum absolute atomic E-state index is 12.1. The van der Waals surface area contributed by atoms with Crippen LogP contribution in [0.2, 0.25) is 0 Å². The van der Waals surface area contributed by atoms with Gasteiger partial charge in [0.2, 0.25) is 5.88 Å². The average Bonchev–Trinajstić information content (AvgIpc) is 3.46. The summed E-state index contributed by atoms with van der Waals surface area (Å²) in [5.41, 5.74) is 1.96. The first-order valence-electron chi connectivity index (χ1n) is 10.3. The molecule has 0 bridgehead atoms. The van der Waals surface area contributed by atoms with Crippen molar-refractivity contribution in [1.82, 2.24) is 44.6 Å². The molecule has 0 spiro atoms. The molecule has 4 aromatic heterocycles. The van der Waals surface area contributed by atoms with E-state index in [0.717, 1.165) is 17.2 Å². The van der Waals surface area contributed by atoms with Gasteiger partial charge < -0.3 is 15.4 Å². The van der Waals surface area contributed by atoms with Crippen LogP contribution >= 0.6 is 0 Å². The van der Waals surface area contributed by atoms with Crippen LogP contribution in [0, 0.1) is 20.8 Å². The van der Waals surface area contributed by atoms with Gasteiger partial charge in [-0.2, -0.15) is 10.1 Å². The van der Waals surface area contributed by atoms with Gasteiger partial charge in [0.15, 0.2) is 12.4 Å². The van der Waals surface area contributed by atoms with Crippen LogP contribution in [0.3, 0.4) is 0 Å². The van der Waals surface area contributed by atoms with Gasteiger partial charge in [-0.1, -0.05) is 0 Å². The summed E-state index contributed by atoms with van der Waals surface area (Å²) in [7, 11) is 0. The maximum Gasteiger partial charge on any atom is 0.258 e. The monoisotopic (exact) mass is 448 g/mol. The van der Waals surface area contributed by atoms with Crippen LogP contribution in [-0.4, -0.2) is 64.9 Å². The SMILES string of the molecule is Cc1nc(OCC(=O)NCCNc2cc(-n3cnc(C)c3C)ncn2)cc(-n2cccn2)n1. The second-order valence-corrected chi connectivity index (χ2v) is 7.17. The number of nitrogens with one attached hydrogen (secondary N) is 2. The molecule has 0 fully saturated rings. The first-order chi connectivity index (χ1) is 16.0. The van der Waals surface area contributed by atoms with Crippen molar-refractivity contribution in [3.8, 4) is 17.5 Å². The first kappa shape index (κ1) is 21.9. The number of aryl methyl sites for hydroxylation is 2. The molecular weight excluding hydrogens is 424 g/mol. The second kappa shape index (κ2) is 9.85. The van der Waals surface area contributed by atoms with Gasteiger partial charge in [-0.05, 0) is 26.8 Å². The van der Waals surface area contributed by atoms with Crippen LogP contribution in [0.5, 0.6) is 5.88 Å². The zero-order chi connectivity index (χ0) is 23.2. The highest BCUT2D eigenvalue weighted by atomic mass is 16.5. The number of carbonyl (C=O) groups excluding carboxylic acids is 1. The Morgan fingerprint density at radius 2 is 1.94 bits per heavy atom. The van der Waals surface area contributed by atoms with Gasteiger partial charge in [0.05, 0.1) is 5.69 Å². The molecule has 12 heteroatoms. The van der Waals surface area contributed by atoms with E-state index in [1.807, 2.05) is 24.5 Å². The van der Waals surface area contributed by atoms with Crippen molar-refractivity contribution < 1.29 is 9.53 Å². The maximum atomic E-state index is 12.1. The van der Waals surface area contributed by atoms with Crippen molar-refractivity contribution in [2.45, 2.75) is 20.8 Å². The minimum absolute atomic E-state index is 0.161. The number of hydrogen-bond acceptors (Lipinski definition) is 9. The van der Waals surface area contributed by atoms with E-state index in [9.17, 15) is 4.79 Å². The van der Waals surface area contributed by atoms with E-state index in [1.165, 1.54) is 6.33 Å². The number of ether oxygens (including phenoxy) is 1. The van der Waals surface area contributed by atoms with E-state index in [0.29, 0.717) is 36.4 Å². The topological polar surface area (TPSA) is 138 Å². The zero-order valence-electron chi connectivity index (χ0n) is 18.6. The lowest BCUT2D eigenvalue weighted by Gasteiger charge is -2.10. The van der Waals surface area contributed by atoms with E-state index >= 15 is 0 Å². The van der Waals surface area contributed by atoms with E-state index in [-0.39, 0.29) is 12.5 Å². The summed E-state index contributed by atoms with van der Waals surface area (Å²) in [5, 5.41) is 10.1. The number of aromatic nitrogens is 8. The van der Waals surface area contributed by atoms with Gasteiger partial charge >= 0.3 is 0 Å². The molecule has 0 saturated heterocycles. The lowest BCUT2D eigenvalue weighted by atomic mass is 10.4. The largest absolute Gasteiger partial charge is 0.467 e. The van der Waals surface area contributed by atoms with Crippen LogP contribution in [0.4, 0.5) is 5.82 Å². The third-order valence-electron chi connectivity index (χ3n) is 4.80. The molecule has 0 aliphatic heterocycles. The summed E-state index contributed by atoms with van der Waals surface area (Å²) in [5.74, 6) is 2.50. The third-order valence-corrected chi connectivity index (χ3v) is 4.80. The third kappa shape index (κ3) is 5.47. The minimum atomic E-state index is -0.262. The molecule has 0 radical (unpaired) electrons. The fraction of sp³-hybridized carbons (Fsp3) is 0.286. The van der Waals surface area contributed by atoms with Crippen molar-refractivity contribution in [3.63, 3.8) is 0 Å². The quantitative estimate of drug-likeness (QED) is 0.361. The summed E-state index contributed by atoms with van der Waals surface area (Å²) in [4.78, 5) is 33.5. The first-order valence-corrected chi connectivity index (χ1v) is 10.3. The van der Waals surface area contributed by atoms with E-state index in [2.05, 4.69) is 40.7 Å². The molecule has 0 atom stereocenters. The molecule has 0 saturated carbocycles. The fourth-order valence-electron chi connectivity index (χ4n) is 3.01. The van der Waals surface area contributed by atoms with Crippen molar-refractivity contribution in [2.24, 2.45) is 0 Å². The number of amides is 1. The summed E-state index contributed by atoms with van der Waals surface area (Å²) in [6.07, 6.45) is 6.64. The van der Waals surface area contributed by atoms with Crippen molar-refractivity contribution in [3.05, 3.63) is 60.5 Å². The molecule has 0 unspecified atom stereocenters. The van der Waals surface area contributed by atoms with Crippen molar-refractivity contribution in [2.75, 3.05) is 25.0 Å². The molecule has 2 N–H and O–H groups in total. The Bertz CT molecular complexity index is 1240. The molecule has 170 valence electrons. The van der Waals surface area contributed by atoms with Crippen LogP contribution in [-0.2, 0) is 4.79 Å². The Labute approximate surface area is 190 Å². The molecule has 12 nitrogen and oxygen atoms in total. The Morgan fingerprint density at radius 1 is 1.06 bits per heavy atom. The highest BCUT2D eigenvalue weighted by molar-refractivity contribution is 5.77. The summed E-state index contributed by atoms with van der Waals surface area (Å²) >= 11 is 0. The highest BCUT2D eigenvalue weighted by Gasteiger charge is 2.09. The van der Waals surface area contributed by atoms with Gasteiger partial charge in [-0.25, -0.2) is 24.6 Å². The van der Waals surface area contributed by atoms with Crippen molar-refractivity contribution in [1.29, 1.82) is 0 Å². The molecule has 0 aliphatic carbocycles. The van der Waals surface area contributed by atoms with E-state index in [1.54, 1.807) is 42.5 Å². The number of rotatable bonds is 9. The predicted octanol–water partition coefficient (Wildman–Crippen LogP) is 1.17. The highest BCUT2D eigenvalue weighted by Crippen LogP contribution is 2.14. The Kier molecular flexibility index (Phi) is 6.53. The van der Waals surface area contributed by atoms with Gasteiger partial charge in [0, 0.05) is 43.3 Å². The van der Waals surface area contributed by atoms with Crippen LogP contribution < -0.4 is 15.4 Å². The summed E-state index contributed by atoms with van der Waals surface area (Å²) in [6, 6.07) is 5.25. The molecule has 4 aromatic rings. The zero-order valence-corrected chi connectivity index (χ0v) is 18.6. The molecule has 1 amide bonds. The lowest BCUT2D eigenvalue weighted by Crippen LogP contribution is -2.33. The van der Waals surface area contributed by atoms with Crippen LogP contribution in [0.15, 0.2) is 43.2 Å². The number of nitrogens with zero attached hydrogens (tertiary/aromatic N) is 8. The van der Waals surface area contributed by atoms with Gasteiger partial charge in [-0.15, -0.1) is 0 Å². The van der Waals surface area contributed by atoms with E-state index in [4.69, 9.17) is 4.74 Å². The van der Waals surface area contributed by atoms with Crippen LogP contribution in [0.25, 0.3) is 11.6 Å². The summed E-state index contributed by atoms with van der Waals surface area (Å²) < 4.78 is 9.02. The van der Waals surface area contributed by atoms with Gasteiger partial charge in [0.25, 0.3) is 5.91 Å².